The number of halogens is 2. The van der Waals surface area contributed by atoms with Crippen molar-refractivity contribution in [2.45, 2.75) is 18.1 Å². The number of nitrogens with zero attached hydrogens (tertiary/aromatic N) is 4. The number of nitrogens with one attached hydrogen (secondary N) is 1. The lowest BCUT2D eigenvalue weighted by molar-refractivity contribution is -0.116. The molecule has 1 aliphatic rings. The summed E-state index contributed by atoms with van der Waals surface area (Å²) in [6.45, 7) is 0.817. The van der Waals surface area contributed by atoms with Gasteiger partial charge in [0.05, 0.1) is 22.9 Å². The summed E-state index contributed by atoms with van der Waals surface area (Å²) in [5.41, 5.74) is 3.37. The van der Waals surface area contributed by atoms with Crippen molar-refractivity contribution in [3.05, 3.63) is 99.2 Å². The molecule has 0 saturated carbocycles. The summed E-state index contributed by atoms with van der Waals surface area (Å²) in [6, 6.07) is 22.7. The van der Waals surface area contributed by atoms with E-state index in [-0.39, 0.29) is 24.1 Å². The van der Waals surface area contributed by atoms with Crippen LogP contribution < -0.4 is 10.2 Å². The number of anilines is 1. The Morgan fingerprint density at radius 1 is 1.03 bits per heavy atom. The highest BCUT2D eigenvalue weighted by Crippen LogP contribution is 2.29. The molecular weight excluding hydrogens is 562 g/mol. The lowest BCUT2D eigenvalue weighted by atomic mass is 10.2. The SMILES string of the molecule is O=C(NCc1nnc(SCC(=O)N2CCc3ccccc32)n1-c1ccccc1)c1cc(Br)ccc1Cl. The molecule has 0 spiro atoms. The summed E-state index contributed by atoms with van der Waals surface area (Å²) in [4.78, 5) is 27.6. The molecule has 2 heterocycles. The normalized spacial score (nSPS) is 12.4. The third-order valence-corrected chi connectivity index (χ3v) is 7.54. The zero-order chi connectivity index (χ0) is 25.1. The van der Waals surface area contributed by atoms with Crippen LogP contribution in [0.5, 0.6) is 0 Å². The van der Waals surface area contributed by atoms with Gasteiger partial charge in [-0.05, 0) is 48.4 Å². The summed E-state index contributed by atoms with van der Waals surface area (Å²) in [6.07, 6.45) is 0.860. The van der Waals surface area contributed by atoms with Crippen LogP contribution in [-0.4, -0.2) is 38.9 Å². The molecule has 1 N–H and O–H groups in total. The number of thioether (sulfide) groups is 1. The van der Waals surface area contributed by atoms with Gasteiger partial charge >= 0.3 is 0 Å². The highest BCUT2D eigenvalue weighted by Gasteiger charge is 2.25. The number of fused-ring (bicyclic) bond motifs is 1. The molecule has 4 aromatic rings. The van der Waals surface area contributed by atoms with E-state index in [4.69, 9.17) is 11.6 Å². The average molecular weight is 583 g/mol. The molecule has 36 heavy (non-hydrogen) atoms. The summed E-state index contributed by atoms with van der Waals surface area (Å²) in [5.74, 6) is 0.467. The fraction of sp³-hybridized carbons (Fsp3) is 0.154. The molecule has 0 fully saturated rings. The van der Waals surface area contributed by atoms with E-state index in [1.165, 1.54) is 17.3 Å². The highest BCUT2D eigenvalue weighted by molar-refractivity contribution is 9.10. The summed E-state index contributed by atoms with van der Waals surface area (Å²) >= 11 is 10.9. The van der Waals surface area contributed by atoms with Crippen molar-refractivity contribution in [3.63, 3.8) is 0 Å². The smallest absolute Gasteiger partial charge is 0.253 e. The van der Waals surface area contributed by atoms with Crippen molar-refractivity contribution < 1.29 is 9.59 Å². The van der Waals surface area contributed by atoms with Crippen molar-refractivity contribution in [1.29, 1.82) is 0 Å². The molecule has 0 bridgehead atoms. The van der Waals surface area contributed by atoms with E-state index in [0.717, 1.165) is 22.3 Å². The largest absolute Gasteiger partial charge is 0.345 e. The first-order valence-corrected chi connectivity index (χ1v) is 13.4. The second-order valence-electron chi connectivity index (χ2n) is 8.09. The molecule has 10 heteroatoms. The average Bonchev–Trinajstić information content (AvgIpc) is 3.52. The molecule has 0 saturated heterocycles. The molecule has 3 aromatic carbocycles. The van der Waals surface area contributed by atoms with Crippen LogP contribution >= 0.6 is 39.3 Å². The molecular formula is C26H21BrClN5O2S. The number of carbonyl (C=O) groups is 2. The van der Waals surface area contributed by atoms with Crippen LogP contribution in [-0.2, 0) is 17.8 Å². The van der Waals surface area contributed by atoms with Crippen LogP contribution in [0, 0.1) is 0 Å². The number of hydrogen-bond donors (Lipinski definition) is 1. The number of hydrogen-bond acceptors (Lipinski definition) is 5. The number of para-hydroxylation sites is 2. The van der Waals surface area contributed by atoms with Gasteiger partial charge in [0.1, 0.15) is 0 Å². The van der Waals surface area contributed by atoms with Gasteiger partial charge in [-0.2, -0.15) is 0 Å². The lowest BCUT2D eigenvalue weighted by Crippen LogP contribution is -2.30. The Labute approximate surface area is 226 Å². The first kappa shape index (κ1) is 24.5. The van der Waals surface area contributed by atoms with Gasteiger partial charge in [-0.3, -0.25) is 14.2 Å². The topological polar surface area (TPSA) is 80.1 Å². The Bertz CT molecular complexity index is 1430. The summed E-state index contributed by atoms with van der Waals surface area (Å²) in [7, 11) is 0. The van der Waals surface area contributed by atoms with Crippen LogP contribution in [0.2, 0.25) is 5.02 Å². The van der Waals surface area contributed by atoms with Gasteiger partial charge < -0.3 is 10.2 Å². The zero-order valence-electron chi connectivity index (χ0n) is 19.0. The van der Waals surface area contributed by atoms with Crippen molar-refractivity contribution in [2.75, 3.05) is 17.2 Å². The van der Waals surface area contributed by atoms with Crippen LogP contribution in [0.1, 0.15) is 21.7 Å². The maximum absolute atomic E-state index is 13.0. The lowest BCUT2D eigenvalue weighted by Gasteiger charge is -2.17. The van der Waals surface area contributed by atoms with Crippen molar-refractivity contribution in [3.8, 4) is 5.69 Å². The Kier molecular flexibility index (Phi) is 7.41. The van der Waals surface area contributed by atoms with E-state index >= 15 is 0 Å². The van der Waals surface area contributed by atoms with Gasteiger partial charge in [0, 0.05) is 22.4 Å². The summed E-state index contributed by atoms with van der Waals surface area (Å²) in [5, 5.41) is 12.5. The Hall–Kier alpha value is -3.14. The number of amides is 2. The van der Waals surface area contributed by atoms with Gasteiger partial charge in [-0.1, -0.05) is 75.7 Å². The number of rotatable bonds is 7. The molecule has 1 aliphatic heterocycles. The first-order valence-electron chi connectivity index (χ1n) is 11.3. The monoisotopic (exact) mass is 581 g/mol. The van der Waals surface area contributed by atoms with Crippen LogP contribution in [0.25, 0.3) is 5.69 Å². The van der Waals surface area contributed by atoms with Gasteiger partial charge in [0.15, 0.2) is 11.0 Å². The summed E-state index contributed by atoms with van der Waals surface area (Å²) < 4.78 is 2.62. The molecule has 7 nitrogen and oxygen atoms in total. The van der Waals surface area contributed by atoms with E-state index in [2.05, 4.69) is 37.5 Å². The van der Waals surface area contributed by atoms with E-state index in [0.29, 0.717) is 28.1 Å². The Morgan fingerprint density at radius 3 is 2.64 bits per heavy atom. The van der Waals surface area contributed by atoms with E-state index in [9.17, 15) is 9.59 Å². The van der Waals surface area contributed by atoms with Crippen molar-refractivity contribution >= 4 is 56.8 Å². The maximum Gasteiger partial charge on any atom is 0.253 e. The second kappa shape index (κ2) is 10.9. The van der Waals surface area contributed by atoms with E-state index in [1.54, 1.807) is 18.2 Å². The minimum absolute atomic E-state index is 0.0201. The number of aromatic nitrogens is 3. The zero-order valence-corrected chi connectivity index (χ0v) is 22.2. The first-order chi connectivity index (χ1) is 17.5. The quantitative estimate of drug-likeness (QED) is 0.300. The predicted octanol–water partition coefficient (Wildman–Crippen LogP) is 5.29. The molecule has 2 amide bonds. The van der Waals surface area contributed by atoms with Crippen molar-refractivity contribution in [2.24, 2.45) is 0 Å². The Balaban J connectivity index is 1.34. The third kappa shape index (κ3) is 5.18. The van der Waals surface area contributed by atoms with Gasteiger partial charge in [0.2, 0.25) is 5.91 Å². The van der Waals surface area contributed by atoms with Gasteiger partial charge in [-0.15, -0.1) is 10.2 Å². The van der Waals surface area contributed by atoms with Crippen molar-refractivity contribution in [1.82, 2.24) is 20.1 Å². The molecule has 0 radical (unpaired) electrons. The van der Waals surface area contributed by atoms with Crippen LogP contribution in [0.4, 0.5) is 5.69 Å². The van der Waals surface area contributed by atoms with Crippen LogP contribution in [0.3, 0.4) is 0 Å². The Morgan fingerprint density at radius 2 is 1.81 bits per heavy atom. The highest BCUT2D eigenvalue weighted by atomic mass is 79.9. The number of benzene rings is 3. The van der Waals surface area contributed by atoms with E-state index < -0.39 is 0 Å². The van der Waals surface area contributed by atoms with Gasteiger partial charge in [0.25, 0.3) is 5.91 Å². The molecule has 5 rings (SSSR count). The predicted molar refractivity (Wildman–Crippen MR) is 145 cm³/mol. The minimum atomic E-state index is -0.319. The molecule has 1 aromatic heterocycles. The third-order valence-electron chi connectivity index (χ3n) is 5.81. The van der Waals surface area contributed by atoms with E-state index in [1.807, 2.05) is 58.0 Å². The molecule has 0 unspecified atom stereocenters. The standard InChI is InChI=1S/C26H21BrClN5O2S/c27-18-10-11-21(28)20(14-18)25(35)29-15-23-30-31-26(33(23)19-7-2-1-3-8-19)36-16-24(34)32-13-12-17-6-4-5-9-22(17)32/h1-11,14H,12-13,15-16H2,(H,29,35). The second-order valence-corrected chi connectivity index (χ2v) is 10.4. The minimum Gasteiger partial charge on any atom is -0.345 e. The number of carbonyl (C=O) groups excluding carboxylic acids is 2. The molecule has 0 aliphatic carbocycles. The maximum atomic E-state index is 13.0. The fourth-order valence-corrected chi connectivity index (χ4v) is 5.48. The van der Waals surface area contributed by atoms with Gasteiger partial charge in [-0.25, -0.2) is 0 Å². The van der Waals surface area contributed by atoms with Crippen LogP contribution in [0.15, 0.2) is 82.4 Å². The fourth-order valence-electron chi connectivity index (χ4n) is 4.07. The molecule has 0 atom stereocenters. The molecule has 182 valence electrons.